The molecular weight excluding hydrogens is 415 g/mol. The summed E-state index contributed by atoms with van der Waals surface area (Å²) >= 11 is 0. The summed E-state index contributed by atoms with van der Waals surface area (Å²) < 4.78 is 15.9. The quantitative estimate of drug-likeness (QED) is 0.665. The van der Waals surface area contributed by atoms with Crippen molar-refractivity contribution in [3.8, 4) is 5.69 Å². The van der Waals surface area contributed by atoms with E-state index in [2.05, 4.69) is 9.97 Å². The Morgan fingerprint density at radius 3 is 2.34 bits per heavy atom. The van der Waals surface area contributed by atoms with Crippen molar-refractivity contribution in [1.29, 1.82) is 0 Å². The van der Waals surface area contributed by atoms with Crippen molar-refractivity contribution in [2.24, 2.45) is 5.73 Å². The molecule has 168 valence electrons. The Labute approximate surface area is 183 Å². The summed E-state index contributed by atoms with van der Waals surface area (Å²) in [6.07, 6.45) is 2.81. The first-order chi connectivity index (χ1) is 15.2. The summed E-state index contributed by atoms with van der Waals surface area (Å²) in [6.45, 7) is 5.26. The molecule has 10 heteroatoms. The number of fused-ring (bicyclic) bond motifs is 1. The van der Waals surface area contributed by atoms with E-state index in [0.29, 0.717) is 5.69 Å². The maximum absolute atomic E-state index is 13.5. The average Bonchev–Trinajstić information content (AvgIpc) is 2.99. The smallest absolute Gasteiger partial charge is 0.335 e. The number of hydrogen-bond acceptors (Lipinski definition) is 5. The molecule has 2 aromatic heterocycles. The van der Waals surface area contributed by atoms with Crippen molar-refractivity contribution in [3.05, 3.63) is 52.1 Å². The second-order valence-electron chi connectivity index (χ2n) is 8.27. The van der Waals surface area contributed by atoms with Crippen LogP contribution in [0.2, 0.25) is 0 Å². The van der Waals surface area contributed by atoms with Crippen LogP contribution in [0.25, 0.3) is 16.9 Å². The van der Waals surface area contributed by atoms with Gasteiger partial charge in [-0.25, -0.2) is 23.7 Å². The number of piperidine rings is 1. The summed E-state index contributed by atoms with van der Waals surface area (Å²) in [5.41, 5.74) is 5.40. The van der Waals surface area contributed by atoms with Crippen LogP contribution in [0.3, 0.4) is 0 Å². The van der Waals surface area contributed by atoms with Crippen molar-refractivity contribution < 1.29 is 14.0 Å². The second-order valence-corrected chi connectivity index (χ2v) is 8.27. The normalized spacial score (nSPS) is 18.8. The van der Waals surface area contributed by atoms with Crippen LogP contribution in [-0.2, 0) is 11.3 Å². The molecule has 0 radical (unpaired) electrons. The van der Waals surface area contributed by atoms with E-state index in [1.54, 1.807) is 11.8 Å². The van der Waals surface area contributed by atoms with Crippen LogP contribution >= 0.6 is 0 Å². The lowest BCUT2D eigenvalue weighted by Crippen LogP contribution is -2.49. The average molecular weight is 440 g/mol. The van der Waals surface area contributed by atoms with E-state index in [-0.39, 0.29) is 47.2 Å². The van der Waals surface area contributed by atoms with E-state index in [1.807, 2.05) is 13.8 Å². The molecule has 1 aliphatic heterocycles. The van der Waals surface area contributed by atoms with E-state index in [0.717, 1.165) is 19.3 Å². The van der Waals surface area contributed by atoms with Crippen molar-refractivity contribution in [2.75, 3.05) is 0 Å². The fourth-order valence-corrected chi connectivity index (χ4v) is 4.53. The number of imidazole rings is 1. The summed E-state index contributed by atoms with van der Waals surface area (Å²) in [5.74, 6) is -1.29. The number of nitrogens with zero attached hydrogens (tertiary/aromatic N) is 5. The lowest BCUT2D eigenvalue weighted by molar-refractivity contribution is -0.137. The SMILES string of the molecule is Cc1nc(C(N)=O)c2c(n1)n(-c1ccc(F)cc1)c(=O)n2CC(=O)N1[C@H](C)CCC[C@@H]1C. The maximum atomic E-state index is 13.5. The predicted molar refractivity (Wildman–Crippen MR) is 116 cm³/mol. The summed E-state index contributed by atoms with van der Waals surface area (Å²) in [5, 5.41) is 0. The van der Waals surface area contributed by atoms with Gasteiger partial charge in [0.15, 0.2) is 11.3 Å². The number of hydrogen-bond donors (Lipinski definition) is 1. The van der Waals surface area contributed by atoms with Crippen LogP contribution in [0.15, 0.2) is 29.1 Å². The van der Waals surface area contributed by atoms with Crippen LogP contribution in [0.1, 0.15) is 49.4 Å². The standard InChI is InChI=1S/C22H25FN6O3/c1-12-5-4-6-13(2)28(12)17(30)11-27-19-18(20(24)31)25-14(3)26-21(19)29(22(27)32)16-9-7-15(23)8-10-16/h7-10,12-13H,4-6,11H2,1-3H3,(H2,24,31)/t12-,13+. The number of benzene rings is 1. The Morgan fingerprint density at radius 2 is 1.75 bits per heavy atom. The largest absolute Gasteiger partial charge is 0.364 e. The van der Waals surface area contributed by atoms with E-state index in [9.17, 15) is 18.8 Å². The molecule has 1 aliphatic rings. The highest BCUT2D eigenvalue weighted by atomic mass is 19.1. The zero-order valence-electron chi connectivity index (χ0n) is 18.2. The maximum Gasteiger partial charge on any atom is 0.335 e. The first-order valence-electron chi connectivity index (χ1n) is 10.6. The van der Waals surface area contributed by atoms with Crippen molar-refractivity contribution in [1.82, 2.24) is 24.0 Å². The molecule has 0 aliphatic carbocycles. The minimum absolute atomic E-state index is 0.0431. The molecule has 2 N–H and O–H groups in total. The van der Waals surface area contributed by atoms with Gasteiger partial charge in [0.2, 0.25) is 5.91 Å². The molecule has 1 fully saturated rings. The number of likely N-dealkylation sites (tertiary alicyclic amines) is 1. The van der Waals surface area contributed by atoms with Gasteiger partial charge in [-0.2, -0.15) is 0 Å². The van der Waals surface area contributed by atoms with E-state index < -0.39 is 17.4 Å². The number of amides is 2. The van der Waals surface area contributed by atoms with E-state index >= 15 is 0 Å². The van der Waals surface area contributed by atoms with Gasteiger partial charge in [-0.05, 0) is 64.3 Å². The fraction of sp³-hybridized carbons (Fsp3) is 0.409. The minimum atomic E-state index is -0.835. The van der Waals surface area contributed by atoms with Crippen LogP contribution < -0.4 is 11.4 Å². The van der Waals surface area contributed by atoms with Gasteiger partial charge in [0.25, 0.3) is 5.91 Å². The van der Waals surface area contributed by atoms with Crippen LogP contribution in [0, 0.1) is 12.7 Å². The highest BCUT2D eigenvalue weighted by molar-refractivity contribution is 6.02. The Kier molecular flexibility index (Phi) is 5.53. The zero-order chi connectivity index (χ0) is 23.2. The summed E-state index contributed by atoms with van der Waals surface area (Å²) in [7, 11) is 0. The number of rotatable bonds is 4. The van der Waals surface area contributed by atoms with Crippen LogP contribution in [0.5, 0.6) is 0 Å². The van der Waals surface area contributed by atoms with E-state index in [1.165, 1.54) is 33.4 Å². The van der Waals surface area contributed by atoms with Gasteiger partial charge in [-0.3, -0.25) is 14.2 Å². The molecular formula is C22H25FN6O3. The van der Waals surface area contributed by atoms with Gasteiger partial charge >= 0.3 is 5.69 Å². The molecule has 3 aromatic rings. The molecule has 3 heterocycles. The molecule has 2 atom stereocenters. The van der Waals surface area contributed by atoms with Gasteiger partial charge in [-0.15, -0.1) is 0 Å². The van der Waals surface area contributed by atoms with Gasteiger partial charge < -0.3 is 10.6 Å². The number of nitrogens with two attached hydrogens (primary N) is 1. The molecule has 0 spiro atoms. The lowest BCUT2D eigenvalue weighted by Gasteiger charge is -2.39. The predicted octanol–water partition coefficient (Wildman–Crippen LogP) is 1.92. The second kappa shape index (κ2) is 8.18. The van der Waals surface area contributed by atoms with Crippen LogP contribution in [-0.4, -0.2) is 47.9 Å². The lowest BCUT2D eigenvalue weighted by atomic mass is 9.97. The highest BCUT2D eigenvalue weighted by Gasteiger charge is 2.31. The molecule has 1 aromatic carbocycles. The number of aromatic nitrogens is 4. The number of carbonyl (C=O) groups excluding carboxylic acids is 2. The van der Waals surface area contributed by atoms with Gasteiger partial charge in [0.05, 0.1) is 5.69 Å². The third-order valence-corrected chi connectivity index (χ3v) is 5.97. The van der Waals surface area contributed by atoms with Crippen molar-refractivity contribution in [3.63, 3.8) is 0 Å². The minimum Gasteiger partial charge on any atom is -0.364 e. The number of primary amides is 1. The summed E-state index contributed by atoms with van der Waals surface area (Å²) in [4.78, 5) is 49.2. The monoisotopic (exact) mass is 440 g/mol. The van der Waals surface area contributed by atoms with Gasteiger partial charge in [0.1, 0.15) is 23.7 Å². The molecule has 0 saturated carbocycles. The Morgan fingerprint density at radius 1 is 1.12 bits per heavy atom. The molecule has 0 bridgehead atoms. The van der Waals surface area contributed by atoms with Gasteiger partial charge in [-0.1, -0.05) is 0 Å². The Bertz CT molecular complexity index is 1250. The number of carbonyl (C=O) groups is 2. The van der Waals surface area contributed by atoms with E-state index in [4.69, 9.17) is 5.73 Å². The fourth-order valence-electron chi connectivity index (χ4n) is 4.53. The zero-order valence-corrected chi connectivity index (χ0v) is 18.2. The molecule has 32 heavy (non-hydrogen) atoms. The van der Waals surface area contributed by atoms with Gasteiger partial charge in [0, 0.05) is 12.1 Å². The first kappa shape index (κ1) is 21.7. The van der Waals surface area contributed by atoms with Crippen LogP contribution in [0.4, 0.5) is 4.39 Å². The Balaban J connectivity index is 1.93. The first-order valence-corrected chi connectivity index (χ1v) is 10.6. The molecule has 9 nitrogen and oxygen atoms in total. The molecule has 2 amide bonds. The topological polar surface area (TPSA) is 116 Å². The number of aryl methyl sites for hydroxylation is 1. The van der Waals surface area contributed by atoms with Crippen molar-refractivity contribution in [2.45, 2.75) is 58.7 Å². The molecule has 1 saturated heterocycles. The molecule has 4 rings (SSSR count). The molecule has 0 unspecified atom stereocenters. The third-order valence-electron chi connectivity index (χ3n) is 5.97. The Hall–Kier alpha value is -3.56. The van der Waals surface area contributed by atoms with Crippen molar-refractivity contribution >= 4 is 23.0 Å². The third kappa shape index (κ3) is 3.65. The number of halogens is 1. The summed E-state index contributed by atoms with van der Waals surface area (Å²) in [6, 6.07) is 5.38. The highest BCUT2D eigenvalue weighted by Crippen LogP contribution is 2.24.